The van der Waals surface area contributed by atoms with Crippen LogP contribution in [0.2, 0.25) is 0 Å². The van der Waals surface area contributed by atoms with Crippen molar-refractivity contribution in [3.63, 3.8) is 0 Å². The zero-order chi connectivity index (χ0) is 14.6. The molecule has 19 heavy (non-hydrogen) atoms. The van der Waals surface area contributed by atoms with Gasteiger partial charge in [0.25, 0.3) is 0 Å². The second-order valence-corrected chi connectivity index (χ2v) is 6.65. The van der Waals surface area contributed by atoms with Crippen LogP contribution in [-0.2, 0) is 6.42 Å². The summed E-state index contributed by atoms with van der Waals surface area (Å²) in [7, 11) is 2.18. The maximum atomic E-state index is 6.02. The molecule has 0 bridgehead atoms. The Morgan fingerprint density at radius 1 is 1.00 bits per heavy atom. The molecular formula is C17H30N2. The highest BCUT2D eigenvalue weighted by Crippen LogP contribution is 2.16. The third-order valence-electron chi connectivity index (χ3n) is 3.85. The van der Waals surface area contributed by atoms with Crippen molar-refractivity contribution < 1.29 is 0 Å². The number of nitrogens with zero attached hydrogens (tertiary/aromatic N) is 1. The number of nitrogens with two attached hydrogens (primary N) is 1. The Bertz CT molecular complexity index is 416. The Balaban J connectivity index is 2.51. The van der Waals surface area contributed by atoms with Gasteiger partial charge in [-0.3, -0.25) is 0 Å². The summed E-state index contributed by atoms with van der Waals surface area (Å²) in [6.45, 7) is 12.9. The van der Waals surface area contributed by atoms with Gasteiger partial charge in [-0.1, -0.05) is 12.1 Å². The molecule has 0 unspecified atom stereocenters. The van der Waals surface area contributed by atoms with Gasteiger partial charge in [0, 0.05) is 12.1 Å². The standard InChI is InChI=1S/C17H30N2/c1-13-11-15(3)16(12-14(13)2)7-9-19(6)10-8-17(4,5)18/h11-12H,7-10,18H2,1-6H3. The molecule has 0 radical (unpaired) electrons. The van der Waals surface area contributed by atoms with Gasteiger partial charge in [-0.15, -0.1) is 0 Å². The highest BCUT2D eigenvalue weighted by atomic mass is 15.1. The first-order chi connectivity index (χ1) is 8.69. The zero-order valence-electron chi connectivity index (χ0n) is 13.5. The van der Waals surface area contributed by atoms with E-state index in [1.165, 1.54) is 22.3 Å². The second-order valence-electron chi connectivity index (χ2n) is 6.65. The van der Waals surface area contributed by atoms with Crippen molar-refractivity contribution in [2.45, 2.75) is 53.0 Å². The largest absolute Gasteiger partial charge is 0.326 e. The predicted molar refractivity (Wildman–Crippen MR) is 84.7 cm³/mol. The summed E-state index contributed by atoms with van der Waals surface area (Å²) in [6.07, 6.45) is 2.16. The average molecular weight is 262 g/mol. The fraction of sp³-hybridized carbons (Fsp3) is 0.647. The number of rotatable bonds is 6. The fourth-order valence-electron chi connectivity index (χ4n) is 2.19. The number of hydrogen-bond donors (Lipinski definition) is 1. The van der Waals surface area contributed by atoms with Crippen LogP contribution in [0, 0.1) is 20.8 Å². The lowest BCUT2D eigenvalue weighted by molar-refractivity contribution is 0.298. The summed E-state index contributed by atoms with van der Waals surface area (Å²) in [4.78, 5) is 2.38. The summed E-state index contributed by atoms with van der Waals surface area (Å²) >= 11 is 0. The van der Waals surface area contributed by atoms with Gasteiger partial charge in [0.1, 0.15) is 0 Å². The maximum Gasteiger partial charge on any atom is 0.0109 e. The molecule has 2 N–H and O–H groups in total. The first-order valence-corrected chi connectivity index (χ1v) is 7.23. The normalized spacial score (nSPS) is 12.2. The van der Waals surface area contributed by atoms with E-state index >= 15 is 0 Å². The van der Waals surface area contributed by atoms with Crippen molar-refractivity contribution in [1.29, 1.82) is 0 Å². The Hall–Kier alpha value is -0.860. The average Bonchev–Trinajstić information content (AvgIpc) is 2.28. The molecule has 0 aliphatic rings. The molecule has 0 saturated heterocycles. The number of hydrogen-bond acceptors (Lipinski definition) is 2. The van der Waals surface area contributed by atoms with Crippen LogP contribution in [0.3, 0.4) is 0 Å². The molecule has 2 heteroatoms. The lowest BCUT2D eigenvalue weighted by atomic mass is 9.98. The predicted octanol–water partition coefficient (Wildman–Crippen LogP) is 3.21. The van der Waals surface area contributed by atoms with E-state index in [0.717, 1.165) is 25.9 Å². The van der Waals surface area contributed by atoms with Crippen molar-refractivity contribution in [1.82, 2.24) is 4.90 Å². The number of aryl methyl sites for hydroxylation is 3. The van der Waals surface area contributed by atoms with Gasteiger partial charge in [0.15, 0.2) is 0 Å². The summed E-state index contributed by atoms with van der Waals surface area (Å²) in [5, 5.41) is 0. The summed E-state index contributed by atoms with van der Waals surface area (Å²) < 4.78 is 0. The molecule has 0 amide bonds. The van der Waals surface area contributed by atoms with Crippen molar-refractivity contribution >= 4 is 0 Å². The second kappa shape index (κ2) is 6.53. The maximum absolute atomic E-state index is 6.02. The molecule has 0 heterocycles. The van der Waals surface area contributed by atoms with Gasteiger partial charge < -0.3 is 10.6 Å². The fourth-order valence-corrected chi connectivity index (χ4v) is 2.19. The Labute approximate surface area is 119 Å². The van der Waals surface area contributed by atoms with Gasteiger partial charge >= 0.3 is 0 Å². The number of likely N-dealkylation sites (N-methyl/N-ethyl adjacent to an activating group) is 1. The molecule has 0 atom stereocenters. The van der Waals surface area contributed by atoms with Crippen LogP contribution in [0.5, 0.6) is 0 Å². The lowest BCUT2D eigenvalue weighted by Crippen LogP contribution is -2.36. The van der Waals surface area contributed by atoms with Crippen LogP contribution in [0.15, 0.2) is 12.1 Å². The van der Waals surface area contributed by atoms with Gasteiger partial charge in [-0.25, -0.2) is 0 Å². The minimum atomic E-state index is -0.0649. The molecule has 0 saturated carbocycles. The molecule has 0 fully saturated rings. The molecule has 1 aromatic carbocycles. The molecule has 0 spiro atoms. The van der Waals surface area contributed by atoms with Crippen molar-refractivity contribution in [2.24, 2.45) is 5.73 Å². The zero-order valence-corrected chi connectivity index (χ0v) is 13.5. The van der Waals surface area contributed by atoms with E-state index in [-0.39, 0.29) is 5.54 Å². The minimum Gasteiger partial charge on any atom is -0.326 e. The van der Waals surface area contributed by atoms with E-state index < -0.39 is 0 Å². The summed E-state index contributed by atoms with van der Waals surface area (Å²) in [5.41, 5.74) is 11.6. The highest BCUT2D eigenvalue weighted by Gasteiger charge is 2.12. The topological polar surface area (TPSA) is 29.3 Å². The third-order valence-corrected chi connectivity index (χ3v) is 3.85. The van der Waals surface area contributed by atoms with Crippen LogP contribution in [0.25, 0.3) is 0 Å². The van der Waals surface area contributed by atoms with Crippen LogP contribution >= 0.6 is 0 Å². The van der Waals surface area contributed by atoms with Crippen molar-refractivity contribution in [2.75, 3.05) is 20.1 Å². The van der Waals surface area contributed by atoms with Crippen LogP contribution < -0.4 is 5.73 Å². The first kappa shape index (κ1) is 16.2. The Morgan fingerprint density at radius 3 is 2.16 bits per heavy atom. The molecule has 0 aliphatic carbocycles. The van der Waals surface area contributed by atoms with Crippen molar-refractivity contribution in [3.05, 3.63) is 34.4 Å². The van der Waals surface area contributed by atoms with Crippen LogP contribution in [0.1, 0.15) is 42.5 Å². The minimum absolute atomic E-state index is 0.0649. The molecule has 2 nitrogen and oxygen atoms in total. The lowest BCUT2D eigenvalue weighted by Gasteiger charge is -2.23. The molecule has 108 valence electrons. The SMILES string of the molecule is Cc1cc(C)c(CCN(C)CCC(C)(C)N)cc1C. The monoisotopic (exact) mass is 262 g/mol. The van der Waals surface area contributed by atoms with E-state index in [9.17, 15) is 0 Å². The van der Waals surface area contributed by atoms with E-state index in [1.54, 1.807) is 0 Å². The quantitative estimate of drug-likeness (QED) is 0.853. The molecule has 0 aromatic heterocycles. The summed E-state index contributed by atoms with van der Waals surface area (Å²) in [6, 6.07) is 4.64. The number of benzene rings is 1. The molecule has 1 rings (SSSR count). The van der Waals surface area contributed by atoms with Gasteiger partial charge in [-0.05, 0) is 83.3 Å². The van der Waals surface area contributed by atoms with Crippen molar-refractivity contribution in [3.8, 4) is 0 Å². The highest BCUT2D eigenvalue weighted by molar-refractivity contribution is 5.36. The van der Waals surface area contributed by atoms with Gasteiger partial charge in [0.2, 0.25) is 0 Å². The third kappa shape index (κ3) is 5.75. The van der Waals surface area contributed by atoms with E-state index in [0.29, 0.717) is 0 Å². The molecular weight excluding hydrogens is 232 g/mol. The van der Waals surface area contributed by atoms with Crippen LogP contribution in [0.4, 0.5) is 0 Å². The van der Waals surface area contributed by atoms with Crippen LogP contribution in [-0.4, -0.2) is 30.6 Å². The van der Waals surface area contributed by atoms with E-state index in [4.69, 9.17) is 5.73 Å². The Morgan fingerprint density at radius 2 is 1.58 bits per heavy atom. The summed E-state index contributed by atoms with van der Waals surface area (Å²) in [5.74, 6) is 0. The Kier molecular flexibility index (Phi) is 5.57. The molecule has 1 aromatic rings. The van der Waals surface area contributed by atoms with E-state index in [1.807, 2.05) is 0 Å². The smallest absolute Gasteiger partial charge is 0.0109 e. The van der Waals surface area contributed by atoms with E-state index in [2.05, 4.69) is 58.7 Å². The van der Waals surface area contributed by atoms with Gasteiger partial charge in [0.05, 0.1) is 0 Å². The first-order valence-electron chi connectivity index (χ1n) is 7.23. The van der Waals surface area contributed by atoms with Gasteiger partial charge in [-0.2, -0.15) is 0 Å². The molecule has 0 aliphatic heterocycles.